The second-order valence-corrected chi connectivity index (χ2v) is 9.30. The molecule has 4 heteroatoms. The topological polar surface area (TPSA) is 41.6 Å². The Kier molecular flexibility index (Phi) is 5.99. The third-order valence-corrected chi connectivity index (χ3v) is 5.07. The lowest BCUT2D eigenvalue weighted by Crippen LogP contribution is -2.47. The summed E-state index contributed by atoms with van der Waals surface area (Å²) in [5, 5.41) is 3.78. The zero-order chi connectivity index (χ0) is 17.1. The maximum atomic E-state index is 12.2. The molecular weight excluding hydrogens is 288 g/mol. The molecule has 4 nitrogen and oxygen atoms in total. The first-order valence-electron chi connectivity index (χ1n) is 9.36. The van der Waals surface area contributed by atoms with E-state index >= 15 is 0 Å². The van der Waals surface area contributed by atoms with Gasteiger partial charge in [0, 0.05) is 19.1 Å². The van der Waals surface area contributed by atoms with Crippen LogP contribution in [0.3, 0.4) is 0 Å². The number of carbonyl (C=O) groups excluding carboxylic acids is 1. The maximum absolute atomic E-state index is 12.2. The number of ether oxygens (including phenoxy) is 1. The van der Waals surface area contributed by atoms with Gasteiger partial charge < -0.3 is 15.0 Å². The van der Waals surface area contributed by atoms with Gasteiger partial charge in [-0.3, -0.25) is 0 Å². The van der Waals surface area contributed by atoms with Crippen LogP contribution in [0.4, 0.5) is 4.79 Å². The van der Waals surface area contributed by atoms with Crippen molar-refractivity contribution in [2.75, 3.05) is 19.6 Å². The van der Waals surface area contributed by atoms with Crippen LogP contribution >= 0.6 is 0 Å². The van der Waals surface area contributed by atoms with Gasteiger partial charge in [-0.2, -0.15) is 0 Å². The van der Waals surface area contributed by atoms with Crippen LogP contribution in [0.25, 0.3) is 0 Å². The summed E-state index contributed by atoms with van der Waals surface area (Å²) in [4.78, 5) is 14.1. The Balaban J connectivity index is 1.77. The van der Waals surface area contributed by atoms with Crippen molar-refractivity contribution in [1.82, 2.24) is 10.2 Å². The number of hydrogen-bond donors (Lipinski definition) is 1. The number of amides is 1. The first kappa shape index (κ1) is 18.6. The molecule has 2 atom stereocenters. The highest BCUT2D eigenvalue weighted by Crippen LogP contribution is 2.35. The Morgan fingerprint density at radius 3 is 2.65 bits per heavy atom. The van der Waals surface area contributed by atoms with Gasteiger partial charge in [0.15, 0.2) is 0 Å². The molecule has 0 spiro atoms. The lowest BCUT2D eigenvalue weighted by atomic mass is 9.75. The quantitative estimate of drug-likeness (QED) is 0.846. The molecule has 1 heterocycles. The van der Waals surface area contributed by atoms with E-state index in [4.69, 9.17) is 4.74 Å². The predicted octanol–water partition coefficient (Wildman–Crippen LogP) is 4.19. The SMILES string of the molecule is CC1(C)CCCC(NCC2CCCN(C(=O)OC(C)(C)C)C2)C1. The lowest BCUT2D eigenvalue weighted by molar-refractivity contribution is 0.0164. The van der Waals surface area contributed by atoms with Crippen LogP contribution in [0.2, 0.25) is 0 Å². The molecule has 1 aliphatic heterocycles. The van der Waals surface area contributed by atoms with Gasteiger partial charge in [-0.25, -0.2) is 4.79 Å². The molecule has 2 fully saturated rings. The van der Waals surface area contributed by atoms with Gasteiger partial charge in [0.25, 0.3) is 0 Å². The van der Waals surface area contributed by atoms with Crippen LogP contribution in [0.5, 0.6) is 0 Å². The third kappa shape index (κ3) is 6.33. The molecule has 1 N–H and O–H groups in total. The Hall–Kier alpha value is -0.770. The van der Waals surface area contributed by atoms with Crippen molar-refractivity contribution in [1.29, 1.82) is 0 Å². The second kappa shape index (κ2) is 7.42. The Labute approximate surface area is 142 Å². The van der Waals surface area contributed by atoms with Crippen LogP contribution in [-0.2, 0) is 4.74 Å². The minimum Gasteiger partial charge on any atom is -0.444 e. The van der Waals surface area contributed by atoms with Crippen molar-refractivity contribution < 1.29 is 9.53 Å². The van der Waals surface area contributed by atoms with Crippen LogP contribution in [-0.4, -0.2) is 42.3 Å². The molecule has 2 aliphatic rings. The van der Waals surface area contributed by atoms with Crippen molar-refractivity contribution in [3.8, 4) is 0 Å². The Morgan fingerprint density at radius 1 is 1.26 bits per heavy atom. The van der Waals surface area contributed by atoms with Crippen LogP contribution < -0.4 is 5.32 Å². The van der Waals surface area contributed by atoms with E-state index in [2.05, 4.69) is 19.2 Å². The fraction of sp³-hybridized carbons (Fsp3) is 0.947. The highest BCUT2D eigenvalue weighted by molar-refractivity contribution is 5.68. The summed E-state index contributed by atoms with van der Waals surface area (Å²) in [6, 6.07) is 0.649. The summed E-state index contributed by atoms with van der Waals surface area (Å²) < 4.78 is 5.51. The van der Waals surface area contributed by atoms with Crippen molar-refractivity contribution in [3.63, 3.8) is 0 Å². The average Bonchev–Trinajstić information content (AvgIpc) is 2.43. The molecule has 1 saturated heterocycles. The second-order valence-electron chi connectivity index (χ2n) is 9.30. The molecule has 0 bridgehead atoms. The summed E-state index contributed by atoms with van der Waals surface area (Å²) in [5.41, 5.74) is 0.0704. The predicted molar refractivity (Wildman–Crippen MR) is 94.6 cm³/mol. The number of carbonyl (C=O) groups is 1. The van der Waals surface area contributed by atoms with E-state index < -0.39 is 5.60 Å². The van der Waals surface area contributed by atoms with Gasteiger partial charge in [-0.1, -0.05) is 20.3 Å². The number of piperidine rings is 1. The van der Waals surface area contributed by atoms with E-state index in [0.29, 0.717) is 17.4 Å². The largest absolute Gasteiger partial charge is 0.444 e. The highest BCUT2D eigenvalue weighted by atomic mass is 16.6. The maximum Gasteiger partial charge on any atom is 0.410 e. The highest BCUT2D eigenvalue weighted by Gasteiger charge is 2.30. The van der Waals surface area contributed by atoms with Crippen LogP contribution in [0, 0.1) is 11.3 Å². The molecule has 23 heavy (non-hydrogen) atoms. The number of likely N-dealkylation sites (tertiary alicyclic amines) is 1. The summed E-state index contributed by atoms with van der Waals surface area (Å²) >= 11 is 0. The first-order valence-corrected chi connectivity index (χ1v) is 9.36. The van der Waals surface area contributed by atoms with E-state index in [-0.39, 0.29) is 6.09 Å². The minimum atomic E-state index is -0.407. The summed E-state index contributed by atoms with van der Waals surface area (Å²) in [6.07, 6.45) is 7.40. The van der Waals surface area contributed by atoms with E-state index in [1.165, 1.54) is 32.1 Å². The monoisotopic (exact) mass is 324 g/mol. The fourth-order valence-corrected chi connectivity index (χ4v) is 3.93. The summed E-state index contributed by atoms with van der Waals surface area (Å²) in [5.74, 6) is 0.557. The van der Waals surface area contributed by atoms with E-state index in [0.717, 1.165) is 26.1 Å². The van der Waals surface area contributed by atoms with Crippen molar-refractivity contribution in [3.05, 3.63) is 0 Å². The van der Waals surface area contributed by atoms with Gasteiger partial charge in [0.2, 0.25) is 0 Å². The van der Waals surface area contributed by atoms with E-state index in [1.807, 2.05) is 25.7 Å². The molecule has 2 rings (SSSR count). The standard InChI is InChI=1S/C19H36N2O2/c1-18(2,3)23-17(22)21-11-7-8-15(14-21)13-20-16-9-6-10-19(4,5)12-16/h15-16,20H,6-14H2,1-5H3. The van der Waals surface area contributed by atoms with Gasteiger partial charge in [-0.15, -0.1) is 0 Å². The smallest absolute Gasteiger partial charge is 0.410 e. The fourth-order valence-electron chi connectivity index (χ4n) is 3.93. The van der Waals surface area contributed by atoms with Crippen LogP contribution in [0.15, 0.2) is 0 Å². The van der Waals surface area contributed by atoms with Gasteiger partial charge in [0.1, 0.15) is 5.60 Å². The average molecular weight is 325 g/mol. The van der Waals surface area contributed by atoms with E-state index in [9.17, 15) is 4.79 Å². The first-order chi connectivity index (χ1) is 10.6. The molecule has 0 aromatic rings. The summed E-state index contributed by atoms with van der Waals surface area (Å²) in [7, 11) is 0. The number of hydrogen-bond acceptors (Lipinski definition) is 3. The number of nitrogens with one attached hydrogen (secondary N) is 1. The van der Waals surface area contributed by atoms with Crippen molar-refractivity contribution in [2.24, 2.45) is 11.3 Å². The van der Waals surface area contributed by atoms with E-state index in [1.54, 1.807) is 0 Å². The Bertz CT molecular complexity index is 401. The molecule has 134 valence electrons. The van der Waals surface area contributed by atoms with Gasteiger partial charge in [-0.05, 0) is 70.8 Å². The molecule has 1 amide bonds. The molecule has 0 aromatic carbocycles. The molecular formula is C19H36N2O2. The molecule has 2 unspecified atom stereocenters. The molecule has 0 radical (unpaired) electrons. The van der Waals surface area contributed by atoms with Crippen molar-refractivity contribution >= 4 is 6.09 Å². The normalized spacial score (nSPS) is 28.5. The Morgan fingerprint density at radius 2 is 2.00 bits per heavy atom. The van der Waals surface area contributed by atoms with Crippen LogP contribution in [0.1, 0.15) is 73.1 Å². The zero-order valence-corrected chi connectivity index (χ0v) is 15.8. The number of rotatable bonds is 3. The molecule has 0 aromatic heterocycles. The van der Waals surface area contributed by atoms with Gasteiger partial charge >= 0.3 is 6.09 Å². The molecule has 1 saturated carbocycles. The van der Waals surface area contributed by atoms with Gasteiger partial charge in [0.05, 0.1) is 0 Å². The minimum absolute atomic E-state index is 0.152. The molecule has 1 aliphatic carbocycles. The van der Waals surface area contributed by atoms with Crippen molar-refractivity contribution in [2.45, 2.75) is 84.8 Å². The third-order valence-electron chi connectivity index (χ3n) is 5.07. The lowest BCUT2D eigenvalue weighted by Gasteiger charge is -2.38. The summed E-state index contributed by atoms with van der Waals surface area (Å²) in [6.45, 7) is 13.2. The number of nitrogens with zero attached hydrogens (tertiary/aromatic N) is 1. The zero-order valence-electron chi connectivity index (χ0n) is 15.8.